The number of para-hydroxylation sites is 2. The lowest BCUT2D eigenvalue weighted by Gasteiger charge is -2.09. The van der Waals surface area contributed by atoms with Crippen molar-refractivity contribution in [3.8, 4) is 11.4 Å². The van der Waals surface area contributed by atoms with Gasteiger partial charge in [-0.3, -0.25) is 9.36 Å². The monoisotopic (exact) mass is 423 g/mol. The molecule has 4 aromatic rings. The van der Waals surface area contributed by atoms with Gasteiger partial charge in [-0.15, -0.1) is 11.8 Å². The first kappa shape index (κ1) is 20.1. The Balaban J connectivity index is 1.48. The van der Waals surface area contributed by atoms with E-state index >= 15 is 0 Å². The zero-order chi connectivity index (χ0) is 21.1. The summed E-state index contributed by atoms with van der Waals surface area (Å²) in [5, 5.41) is 2.84. The number of nitrogens with one attached hydrogen (secondary N) is 1. The van der Waals surface area contributed by atoms with Crippen LogP contribution in [-0.2, 0) is 4.79 Å². The van der Waals surface area contributed by atoms with Gasteiger partial charge in [0.05, 0.1) is 16.8 Å². The maximum atomic E-state index is 13.6. The van der Waals surface area contributed by atoms with Crippen LogP contribution in [0.2, 0.25) is 0 Å². The molecule has 1 heterocycles. The molecule has 0 radical (unpaired) electrons. The highest BCUT2D eigenvalue weighted by atomic mass is 32.2. The Labute approximate surface area is 176 Å². The van der Waals surface area contributed by atoms with Crippen molar-refractivity contribution in [1.29, 1.82) is 0 Å². The van der Waals surface area contributed by atoms with E-state index in [4.69, 9.17) is 0 Å². The summed E-state index contributed by atoms with van der Waals surface area (Å²) in [6.45, 7) is -0.698. The Bertz CT molecular complexity index is 1190. The molecule has 0 saturated heterocycles. The van der Waals surface area contributed by atoms with E-state index in [1.807, 2.05) is 31.2 Å². The molecule has 0 aliphatic rings. The van der Waals surface area contributed by atoms with Gasteiger partial charge in [-0.25, -0.2) is 4.98 Å². The van der Waals surface area contributed by atoms with Crippen LogP contribution in [0.3, 0.4) is 0 Å². The van der Waals surface area contributed by atoms with Gasteiger partial charge < -0.3 is 5.32 Å². The van der Waals surface area contributed by atoms with Crippen molar-refractivity contribution in [3.05, 3.63) is 78.4 Å². The molecule has 30 heavy (non-hydrogen) atoms. The molecule has 0 spiro atoms. The van der Waals surface area contributed by atoms with E-state index in [1.165, 1.54) is 11.8 Å². The second-order valence-corrected chi connectivity index (χ2v) is 7.77. The van der Waals surface area contributed by atoms with Crippen molar-refractivity contribution >= 4 is 34.4 Å². The molecule has 4 rings (SSSR count). The molecule has 3 aromatic carbocycles. The van der Waals surface area contributed by atoms with Crippen molar-refractivity contribution in [2.45, 2.75) is 18.4 Å². The fourth-order valence-corrected chi connectivity index (χ4v) is 4.04. The SMILES string of the molecule is Cc1ccccc1SCC(=O)Nc1ccc(-c2nc3ccccc3n2C(F)F)cc1. The van der Waals surface area contributed by atoms with Gasteiger partial charge in [-0.05, 0) is 55.0 Å². The average molecular weight is 423 g/mol. The molecule has 0 unspecified atom stereocenters. The number of aryl methyl sites for hydroxylation is 1. The second-order valence-electron chi connectivity index (χ2n) is 6.75. The maximum absolute atomic E-state index is 13.6. The molecule has 1 amide bonds. The molecule has 1 aromatic heterocycles. The summed E-state index contributed by atoms with van der Waals surface area (Å²) in [4.78, 5) is 17.7. The highest BCUT2D eigenvalue weighted by Crippen LogP contribution is 2.30. The quantitative estimate of drug-likeness (QED) is 0.379. The van der Waals surface area contributed by atoms with Crippen molar-refractivity contribution in [2.24, 2.45) is 0 Å². The highest BCUT2D eigenvalue weighted by Gasteiger charge is 2.18. The van der Waals surface area contributed by atoms with E-state index in [1.54, 1.807) is 48.5 Å². The predicted octanol–water partition coefficient (Wildman–Crippen LogP) is 6.14. The van der Waals surface area contributed by atoms with Gasteiger partial charge in [0.25, 0.3) is 0 Å². The molecule has 0 bridgehead atoms. The third kappa shape index (κ3) is 4.21. The zero-order valence-electron chi connectivity index (χ0n) is 16.2. The standard InChI is InChI=1S/C23H19F2N3OS/c1-15-6-2-5-9-20(15)30-14-21(29)26-17-12-10-16(11-13-17)22-27-18-7-3-4-8-19(18)28(22)23(24)25/h2-13,23H,14H2,1H3,(H,26,29). The number of alkyl halides is 2. The summed E-state index contributed by atoms with van der Waals surface area (Å²) < 4.78 is 28.2. The molecular weight excluding hydrogens is 404 g/mol. The number of imidazole rings is 1. The van der Waals surface area contributed by atoms with E-state index in [2.05, 4.69) is 10.3 Å². The smallest absolute Gasteiger partial charge is 0.320 e. The second kappa shape index (κ2) is 8.67. The number of anilines is 1. The highest BCUT2D eigenvalue weighted by molar-refractivity contribution is 8.00. The van der Waals surface area contributed by atoms with Crippen LogP contribution in [0.4, 0.5) is 14.5 Å². The number of amides is 1. The summed E-state index contributed by atoms with van der Waals surface area (Å²) >= 11 is 1.47. The molecule has 0 atom stereocenters. The minimum absolute atomic E-state index is 0.129. The first-order valence-electron chi connectivity index (χ1n) is 9.37. The molecule has 7 heteroatoms. The number of hydrogen-bond acceptors (Lipinski definition) is 3. The fourth-order valence-electron chi connectivity index (χ4n) is 3.21. The summed E-state index contributed by atoms with van der Waals surface area (Å²) in [5.74, 6) is 0.350. The minimum Gasteiger partial charge on any atom is -0.325 e. The van der Waals surface area contributed by atoms with Crippen LogP contribution in [0.5, 0.6) is 0 Å². The van der Waals surface area contributed by atoms with Crippen LogP contribution in [0.15, 0.2) is 77.7 Å². The number of aromatic nitrogens is 2. The van der Waals surface area contributed by atoms with Crippen LogP contribution < -0.4 is 5.32 Å². The van der Waals surface area contributed by atoms with Crippen molar-refractivity contribution in [3.63, 3.8) is 0 Å². The summed E-state index contributed by atoms with van der Waals surface area (Å²) in [5.41, 5.74) is 3.18. The lowest BCUT2D eigenvalue weighted by atomic mass is 10.2. The van der Waals surface area contributed by atoms with Crippen LogP contribution in [-0.4, -0.2) is 21.2 Å². The molecule has 1 N–H and O–H groups in total. The fraction of sp³-hybridized carbons (Fsp3) is 0.130. The number of nitrogens with zero attached hydrogens (tertiary/aromatic N) is 2. The predicted molar refractivity (Wildman–Crippen MR) is 117 cm³/mol. The molecule has 0 aliphatic heterocycles. The van der Waals surface area contributed by atoms with E-state index < -0.39 is 6.55 Å². The van der Waals surface area contributed by atoms with Crippen LogP contribution >= 0.6 is 11.8 Å². The Morgan fingerprint density at radius 3 is 2.47 bits per heavy atom. The van der Waals surface area contributed by atoms with Gasteiger partial charge in [-0.2, -0.15) is 8.78 Å². The first-order chi connectivity index (χ1) is 14.5. The van der Waals surface area contributed by atoms with Crippen molar-refractivity contribution < 1.29 is 13.6 Å². The first-order valence-corrected chi connectivity index (χ1v) is 10.4. The molecule has 152 valence electrons. The lowest BCUT2D eigenvalue weighted by Crippen LogP contribution is -2.14. The Morgan fingerprint density at radius 1 is 1.03 bits per heavy atom. The Hall–Kier alpha value is -3.19. The molecule has 0 saturated carbocycles. The van der Waals surface area contributed by atoms with Crippen molar-refractivity contribution in [2.75, 3.05) is 11.1 Å². The van der Waals surface area contributed by atoms with E-state index in [0.29, 0.717) is 22.3 Å². The van der Waals surface area contributed by atoms with E-state index in [9.17, 15) is 13.6 Å². The number of carbonyl (C=O) groups is 1. The number of halogens is 2. The van der Waals surface area contributed by atoms with Crippen molar-refractivity contribution in [1.82, 2.24) is 9.55 Å². The molecule has 0 aliphatic carbocycles. The van der Waals surface area contributed by atoms with Gasteiger partial charge in [0, 0.05) is 16.1 Å². The summed E-state index contributed by atoms with van der Waals surface area (Å²) in [6.07, 6.45) is 0. The molecule has 0 fully saturated rings. The maximum Gasteiger partial charge on any atom is 0.320 e. The lowest BCUT2D eigenvalue weighted by molar-refractivity contribution is -0.113. The number of fused-ring (bicyclic) bond motifs is 1. The minimum atomic E-state index is -2.70. The third-order valence-corrected chi connectivity index (χ3v) is 5.85. The van der Waals surface area contributed by atoms with Gasteiger partial charge in [0.15, 0.2) is 0 Å². The van der Waals surface area contributed by atoms with E-state index in [0.717, 1.165) is 15.0 Å². The molecule has 4 nitrogen and oxygen atoms in total. The number of carbonyl (C=O) groups excluding carboxylic acids is 1. The van der Waals surface area contributed by atoms with Crippen LogP contribution in [0, 0.1) is 6.92 Å². The van der Waals surface area contributed by atoms with Gasteiger partial charge in [-0.1, -0.05) is 30.3 Å². The van der Waals surface area contributed by atoms with Gasteiger partial charge in [0.2, 0.25) is 5.91 Å². The zero-order valence-corrected chi connectivity index (χ0v) is 17.0. The Morgan fingerprint density at radius 2 is 1.73 bits per heavy atom. The number of benzene rings is 3. The van der Waals surface area contributed by atoms with Crippen LogP contribution in [0.1, 0.15) is 12.1 Å². The number of rotatable bonds is 6. The topological polar surface area (TPSA) is 46.9 Å². The number of hydrogen-bond donors (Lipinski definition) is 1. The van der Waals surface area contributed by atoms with Gasteiger partial charge >= 0.3 is 6.55 Å². The largest absolute Gasteiger partial charge is 0.325 e. The summed E-state index contributed by atoms with van der Waals surface area (Å²) in [7, 11) is 0. The number of thioether (sulfide) groups is 1. The van der Waals surface area contributed by atoms with E-state index in [-0.39, 0.29) is 17.5 Å². The normalized spacial score (nSPS) is 11.2. The third-order valence-electron chi connectivity index (χ3n) is 4.67. The van der Waals surface area contributed by atoms with Crippen LogP contribution in [0.25, 0.3) is 22.4 Å². The van der Waals surface area contributed by atoms with Gasteiger partial charge in [0.1, 0.15) is 5.82 Å². The summed E-state index contributed by atoms with van der Waals surface area (Å²) in [6, 6.07) is 21.5. The molecular formula is C23H19F2N3OS. The Kier molecular flexibility index (Phi) is 5.81. The average Bonchev–Trinajstić information content (AvgIpc) is 3.13.